The normalized spacial score (nSPS) is 11.9. The molecule has 2 aromatic carbocycles. The molecule has 0 heterocycles. The molecule has 2 aromatic rings. The fourth-order valence-electron chi connectivity index (χ4n) is 2.58. The van der Waals surface area contributed by atoms with Crippen LogP contribution < -0.4 is 24.3 Å². The lowest BCUT2D eigenvalue weighted by Crippen LogP contribution is -2.22. The minimum atomic E-state index is -4.92. The molecule has 1 N–H and O–H groups in total. The van der Waals surface area contributed by atoms with Crippen molar-refractivity contribution >= 4 is 0 Å². The molecule has 0 saturated carbocycles. The van der Waals surface area contributed by atoms with Crippen LogP contribution in [-0.2, 0) is 13.1 Å². The molecule has 0 atom stereocenters. The van der Waals surface area contributed by atoms with Crippen molar-refractivity contribution < 1.29 is 45.3 Å². The number of benzene rings is 2. The van der Waals surface area contributed by atoms with Gasteiger partial charge in [-0.2, -0.15) is 0 Å². The molecule has 0 fully saturated rings. The molecule has 0 saturated heterocycles. The molecule has 0 unspecified atom stereocenters. The van der Waals surface area contributed by atoms with Gasteiger partial charge in [0.05, 0.1) is 25.3 Å². The Morgan fingerprint density at radius 1 is 0.655 bits per heavy atom. The molecule has 0 aliphatic rings. The van der Waals surface area contributed by atoms with Crippen LogP contribution >= 0.6 is 0 Å². The molecule has 160 valence electrons. The molecule has 29 heavy (non-hydrogen) atoms. The van der Waals surface area contributed by atoms with E-state index in [1.165, 1.54) is 38.5 Å². The Morgan fingerprint density at radius 2 is 1.00 bits per heavy atom. The predicted octanol–water partition coefficient (Wildman–Crippen LogP) is 4.79. The summed E-state index contributed by atoms with van der Waals surface area (Å²) in [7, 11) is 2.54. The Morgan fingerprint density at radius 3 is 1.31 bits per heavy atom. The Hall–Kier alpha value is -2.82. The minimum absolute atomic E-state index is 0.0421. The van der Waals surface area contributed by atoms with Gasteiger partial charge in [0.2, 0.25) is 0 Å². The number of ether oxygens (including phenoxy) is 4. The number of alkyl halides is 6. The average Bonchev–Trinajstić information content (AvgIpc) is 2.61. The van der Waals surface area contributed by atoms with Crippen LogP contribution in [0.25, 0.3) is 0 Å². The highest BCUT2D eigenvalue weighted by atomic mass is 19.4. The average molecular weight is 425 g/mol. The van der Waals surface area contributed by atoms with Gasteiger partial charge in [0.15, 0.2) is 0 Å². The topological polar surface area (TPSA) is 49.0 Å². The van der Waals surface area contributed by atoms with Crippen LogP contribution in [-0.4, -0.2) is 26.9 Å². The van der Waals surface area contributed by atoms with Gasteiger partial charge < -0.3 is 24.3 Å². The Bertz CT molecular complexity index is 755. The maximum Gasteiger partial charge on any atom is 0.573 e. The summed E-state index contributed by atoms with van der Waals surface area (Å²) in [5.74, 6) is -0.746. The zero-order valence-corrected chi connectivity index (χ0v) is 15.3. The number of nitrogens with one attached hydrogen (secondary N) is 1. The lowest BCUT2D eigenvalue weighted by molar-refractivity contribution is -0.275. The van der Waals surface area contributed by atoms with Crippen LogP contribution in [0, 0.1) is 0 Å². The minimum Gasteiger partial charge on any atom is -0.496 e. The highest BCUT2D eigenvalue weighted by molar-refractivity contribution is 5.46. The lowest BCUT2D eigenvalue weighted by Gasteiger charge is -2.18. The van der Waals surface area contributed by atoms with Crippen molar-refractivity contribution in [2.45, 2.75) is 25.8 Å². The van der Waals surface area contributed by atoms with Gasteiger partial charge in [0.1, 0.15) is 23.0 Å². The summed E-state index contributed by atoms with van der Waals surface area (Å²) in [5, 5.41) is 2.77. The number of hydrogen-bond acceptors (Lipinski definition) is 5. The molecule has 2 rings (SSSR count). The Balaban J connectivity index is 2.24. The van der Waals surface area contributed by atoms with E-state index in [-0.39, 0.29) is 35.7 Å². The molecule has 0 bridgehead atoms. The van der Waals surface area contributed by atoms with Crippen molar-refractivity contribution in [2.75, 3.05) is 14.2 Å². The van der Waals surface area contributed by atoms with Gasteiger partial charge in [0, 0.05) is 13.1 Å². The molecular weight excluding hydrogens is 408 g/mol. The summed E-state index contributed by atoms with van der Waals surface area (Å²) in [4.78, 5) is 0. The molecule has 0 spiro atoms. The van der Waals surface area contributed by atoms with Crippen molar-refractivity contribution in [2.24, 2.45) is 0 Å². The molecular formula is C18H17F6NO4. The molecule has 0 aromatic heterocycles. The number of rotatable bonds is 8. The van der Waals surface area contributed by atoms with E-state index in [9.17, 15) is 26.3 Å². The van der Waals surface area contributed by atoms with E-state index in [2.05, 4.69) is 14.8 Å². The maximum atomic E-state index is 12.6. The van der Waals surface area contributed by atoms with E-state index in [1.54, 1.807) is 0 Å². The Labute approximate surface area is 162 Å². The van der Waals surface area contributed by atoms with Gasteiger partial charge in [-0.15, -0.1) is 26.3 Å². The molecule has 5 nitrogen and oxygen atoms in total. The van der Waals surface area contributed by atoms with E-state index >= 15 is 0 Å². The second-order valence-corrected chi connectivity index (χ2v) is 5.57. The van der Waals surface area contributed by atoms with Gasteiger partial charge in [-0.05, 0) is 24.3 Å². The second kappa shape index (κ2) is 9.12. The van der Waals surface area contributed by atoms with E-state index in [4.69, 9.17) is 9.47 Å². The highest BCUT2D eigenvalue weighted by Crippen LogP contribution is 2.34. The first kappa shape index (κ1) is 22.5. The van der Waals surface area contributed by atoms with Crippen molar-refractivity contribution in [3.63, 3.8) is 0 Å². The van der Waals surface area contributed by atoms with Crippen LogP contribution in [0.4, 0.5) is 26.3 Å². The van der Waals surface area contributed by atoms with Crippen LogP contribution in [0.1, 0.15) is 11.1 Å². The first-order valence-corrected chi connectivity index (χ1v) is 8.08. The summed E-state index contributed by atoms with van der Waals surface area (Å²) in [5.41, 5.74) is 0.0843. The lowest BCUT2D eigenvalue weighted by atomic mass is 10.1. The van der Waals surface area contributed by atoms with Crippen molar-refractivity contribution in [3.8, 4) is 23.0 Å². The third kappa shape index (κ3) is 6.63. The fraction of sp³-hybridized carbons (Fsp3) is 0.333. The van der Waals surface area contributed by atoms with Gasteiger partial charge in [-0.3, -0.25) is 0 Å². The molecule has 0 amide bonds. The summed E-state index contributed by atoms with van der Waals surface area (Å²) >= 11 is 0. The molecule has 0 radical (unpaired) electrons. The largest absolute Gasteiger partial charge is 0.573 e. The Kier molecular flexibility index (Phi) is 7.07. The predicted molar refractivity (Wildman–Crippen MR) is 89.9 cm³/mol. The van der Waals surface area contributed by atoms with Crippen molar-refractivity contribution in [3.05, 3.63) is 47.5 Å². The number of hydrogen-bond donors (Lipinski definition) is 1. The van der Waals surface area contributed by atoms with Crippen LogP contribution in [0.3, 0.4) is 0 Å². The quantitative estimate of drug-likeness (QED) is 0.617. The monoisotopic (exact) mass is 425 g/mol. The second-order valence-electron chi connectivity index (χ2n) is 5.57. The summed E-state index contributed by atoms with van der Waals surface area (Å²) in [6.45, 7) is -0.391. The summed E-state index contributed by atoms with van der Waals surface area (Å²) in [6, 6.07) is 7.71. The van der Waals surface area contributed by atoms with Crippen LogP contribution in [0.15, 0.2) is 36.4 Å². The smallest absolute Gasteiger partial charge is 0.496 e. The highest BCUT2D eigenvalue weighted by Gasteiger charge is 2.33. The molecule has 0 aliphatic carbocycles. The number of halogens is 6. The molecule has 0 aliphatic heterocycles. The van der Waals surface area contributed by atoms with Crippen LogP contribution in [0.5, 0.6) is 23.0 Å². The van der Waals surface area contributed by atoms with E-state index in [1.807, 2.05) is 0 Å². The van der Waals surface area contributed by atoms with Crippen molar-refractivity contribution in [1.82, 2.24) is 5.32 Å². The van der Waals surface area contributed by atoms with Crippen LogP contribution in [0.2, 0.25) is 0 Å². The first-order chi connectivity index (χ1) is 13.5. The van der Waals surface area contributed by atoms with Crippen molar-refractivity contribution in [1.29, 1.82) is 0 Å². The van der Waals surface area contributed by atoms with Gasteiger partial charge in [0.25, 0.3) is 0 Å². The SMILES string of the molecule is COc1cccc(OC(F)(F)F)c1CNCc1c(OC)cccc1OC(F)(F)F. The zero-order valence-electron chi connectivity index (χ0n) is 15.3. The van der Waals surface area contributed by atoms with Gasteiger partial charge >= 0.3 is 12.7 Å². The zero-order chi connectivity index (χ0) is 21.7. The number of methoxy groups -OCH3 is 2. The third-order valence-corrected chi connectivity index (χ3v) is 3.67. The molecule has 11 heteroatoms. The van der Waals surface area contributed by atoms with E-state index in [0.717, 1.165) is 12.1 Å². The first-order valence-electron chi connectivity index (χ1n) is 8.08. The fourth-order valence-corrected chi connectivity index (χ4v) is 2.58. The summed E-state index contributed by atoms with van der Waals surface area (Å²) < 4.78 is 93.9. The maximum absolute atomic E-state index is 12.6. The van der Waals surface area contributed by atoms with E-state index < -0.39 is 24.2 Å². The summed E-state index contributed by atoms with van der Waals surface area (Å²) in [6.07, 6.45) is -9.84. The van der Waals surface area contributed by atoms with Gasteiger partial charge in [-0.25, -0.2) is 0 Å². The van der Waals surface area contributed by atoms with E-state index in [0.29, 0.717) is 0 Å². The van der Waals surface area contributed by atoms with Gasteiger partial charge in [-0.1, -0.05) is 12.1 Å². The standard InChI is InChI=1S/C18H17F6NO4/c1-26-13-5-3-7-15(28-17(19,20)21)11(13)9-25-10-12-14(27-2)6-4-8-16(12)29-18(22,23)24/h3-8,25H,9-10H2,1-2H3. The third-order valence-electron chi connectivity index (χ3n) is 3.67.